The van der Waals surface area contributed by atoms with E-state index in [1.165, 1.54) is 6.07 Å². The van der Waals surface area contributed by atoms with Crippen molar-refractivity contribution in [2.75, 3.05) is 13.1 Å². The van der Waals surface area contributed by atoms with Gasteiger partial charge in [0.25, 0.3) is 0 Å². The predicted octanol–water partition coefficient (Wildman–Crippen LogP) is 2.37. The topological polar surface area (TPSA) is 66.3 Å². The van der Waals surface area contributed by atoms with E-state index < -0.39 is 0 Å². The van der Waals surface area contributed by atoms with Gasteiger partial charge in [-0.05, 0) is 31.4 Å². The van der Waals surface area contributed by atoms with E-state index in [1.54, 1.807) is 29.3 Å². The van der Waals surface area contributed by atoms with E-state index in [-0.39, 0.29) is 30.7 Å². The maximum Gasteiger partial charge on any atom is 0.227 e. The monoisotopic (exact) mass is 343 g/mol. The molecule has 0 saturated carbocycles. The lowest BCUT2D eigenvalue weighted by atomic mass is 9.91. The lowest BCUT2D eigenvalue weighted by molar-refractivity contribution is -0.131. The number of rotatable bonds is 4. The van der Waals surface area contributed by atoms with Crippen LogP contribution in [0.4, 0.5) is 4.39 Å². The molecule has 1 aliphatic rings. The lowest BCUT2D eigenvalue weighted by Gasteiger charge is -2.33. The molecule has 1 fully saturated rings. The Labute approximate surface area is 146 Å². The summed E-state index contributed by atoms with van der Waals surface area (Å²) in [5.41, 5.74) is 1.95. The number of aliphatic hydroxyl groups is 1. The number of carbonyl (C=O) groups is 1. The van der Waals surface area contributed by atoms with Gasteiger partial charge in [0.15, 0.2) is 0 Å². The number of halogens is 1. The van der Waals surface area contributed by atoms with Crippen LogP contribution in [-0.2, 0) is 17.8 Å². The summed E-state index contributed by atoms with van der Waals surface area (Å²) in [5.74, 6) is 0.300. The number of likely N-dealkylation sites (tertiary alicyclic amines) is 1. The molecule has 0 spiro atoms. The second-order valence-corrected chi connectivity index (χ2v) is 6.43. The summed E-state index contributed by atoms with van der Waals surface area (Å²) >= 11 is 0. The Morgan fingerprint density at radius 1 is 1.36 bits per heavy atom. The Balaban J connectivity index is 1.74. The molecule has 1 aromatic carbocycles. The second kappa shape index (κ2) is 7.70. The van der Waals surface area contributed by atoms with Gasteiger partial charge in [-0.1, -0.05) is 18.2 Å². The number of piperidine rings is 1. The minimum atomic E-state index is -0.349. The Morgan fingerprint density at radius 3 is 2.92 bits per heavy atom. The SMILES string of the molecule is Cc1ncc(CO)c(C2CCCN(C(=O)Cc3ccccc3F)C2)n1. The number of hydrogen-bond acceptors (Lipinski definition) is 4. The molecule has 1 aromatic heterocycles. The number of aryl methyl sites for hydroxylation is 1. The average molecular weight is 343 g/mol. The van der Waals surface area contributed by atoms with Crippen LogP contribution in [0.3, 0.4) is 0 Å². The number of aromatic nitrogens is 2. The van der Waals surface area contributed by atoms with E-state index in [4.69, 9.17) is 0 Å². The summed E-state index contributed by atoms with van der Waals surface area (Å²) in [6.07, 6.45) is 3.49. The quantitative estimate of drug-likeness (QED) is 0.925. The maximum absolute atomic E-state index is 13.8. The standard InChI is InChI=1S/C19H22FN3O2/c1-13-21-10-16(12-24)19(22-13)15-6-4-8-23(11-15)18(25)9-14-5-2-3-7-17(14)20/h2-3,5,7,10,15,24H,4,6,8-9,11-12H2,1H3. The highest BCUT2D eigenvalue weighted by Crippen LogP contribution is 2.28. The van der Waals surface area contributed by atoms with Gasteiger partial charge < -0.3 is 10.0 Å². The Kier molecular flexibility index (Phi) is 5.38. The van der Waals surface area contributed by atoms with Crippen LogP contribution in [0.2, 0.25) is 0 Å². The van der Waals surface area contributed by atoms with Crippen molar-refractivity contribution in [3.8, 4) is 0 Å². The normalized spacial score (nSPS) is 17.6. The highest BCUT2D eigenvalue weighted by atomic mass is 19.1. The molecular formula is C19H22FN3O2. The molecule has 1 atom stereocenters. The van der Waals surface area contributed by atoms with Crippen molar-refractivity contribution < 1.29 is 14.3 Å². The van der Waals surface area contributed by atoms with Crippen molar-refractivity contribution in [2.24, 2.45) is 0 Å². The first-order chi connectivity index (χ1) is 12.1. The molecule has 0 radical (unpaired) electrons. The fourth-order valence-corrected chi connectivity index (χ4v) is 3.33. The van der Waals surface area contributed by atoms with Gasteiger partial charge in [0.05, 0.1) is 18.7 Å². The van der Waals surface area contributed by atoms with Gasteiger partial charge in [-0.25, -0.2) is 14.4 Å². The van der Waals surface area contributed by atoms with Crippen LogP contribution in [-0.4, -0.2) is 39.0 Å². The molecule has 132 valence electrons. The van der Waals surface area contributed by atoms with Crippen molar-refractivity contribution >= 4 is 5.91 Å². The fraction of sp³-hybridized carbons (Fsp3) is 0.421. The molecule has 2 heterocycles. The Hall–Kier alpha value is -2.34. The average Bonchev–Trinajstić information content (AvgIpc) is 2.63. The summed E-state index contributed by atoms with van der Waals surface area (Å²) in [7, 11) is 0. The molecule has 0 bridgehead atoms. The molecule has 1 amide bonds. The van der Waals surface area contributed by atoms with E-state index in [0.717, 1.165) is 18.5 Å². The summed E-state index contributed by atoms with van der Waals surface area (Å²) in [5, 5.41) is 9.54. The van der Waals surface area contributed by atoms with Crippen LogP contribution in [0.15, 0.2) is 30.5 Å². The summed E-state index contributed by atoms with van der Waals surface area (Å²) in [4.78, 5) is 23.0. The van der Waals surface area contributed by atoms with Crippen LogP contribution in [0.1, 0.15) is 41.4 Å². The first-order valence-electron chi connectivity index (χ1n) is 8.53. The molecule has 6 heteroatoms. The highest BCUT2D eigenvalue weighted by molar-refractivity contribution is 5.79. The third-order valence-corrected chi connectivity index (χ3v) is 4.65. The van der Waals surface area contributed by atoms with Gasteiger partial charge in [0.2, 0.25) is 5.91 Å². The van der Waals surface area contributed by atoms with Gasteiger partial charge in [0, 0.05) is 30.8 Å². The van der Waals surface area contributed by atoms with Crippen LogP contribution >= 0.6 is 0 Å². The molecule has 1 aliphatic heterocycles. The van der Waals surface area contributed by atoms with Crippen LogP contribution < -0.4 is 0 Å². The molecule has 1 N–H and O–H groups in total. The lowest BCUT2D eigenvalue weighted by Crippen LogP contribution is -2.40. The molecule has 25 heavy (non-hydrogen) atoms. The van der Waals surface area contributed by atoms with Gasteiger partial charge in [-0.3, -0.25) is 4.79 Å². The third-order valence-electron chi connectivity index (χ3n) is 4.65. The third kappa shape index (κ3) is 4.02. The van der Waals surface area contributed by atoms with Crippen molar-refractivity contribution in [3.63, 3.8) is 0 Å². The molecule has 2 aromatic rings. The van der Waals surface area contributed by atoms with Gasteiger partial charge in [-0.2, -0.15) is 0 Å². The highest BCUT2D eigenvalue weighted by Gasteiger charge is 2.27. The largest absolute Gasteiger partial charge is 0.392 e. The van der Waals surface area contributed by atoms with Crippen molar-refractivity contribution in [1.29, 1.82) is 0 Å². The number of aliphatic hydroxyl groups excluding tert-OH is 1. The first-order valence-corrected chi connectivity index (χ1v) is 8.53. The summed E-state index contributed by atoms with van der Waals surface area (Å²) in [6, 6.07) is 6.38. The molecular weight excluding hydrogens is 321 g/mol. The van der Waals surface area contributed by atoms with Gasteiger partial charge in [-0.15, -0.1) is 0 Å². The zero-order valence-electron chi connectivity index (χ0n) is 14.3. The maximum atomic E-state index is 13.8. The zero-order valence-corrected chi connectivity index (χ0v) is 14.3. The number of carbonyl (C=O) groups excluding carboxylic acids is 1. The fourth-order valence-electron chi connectivity index (χ4n) is 3.33. The van der Waals surface area contributed by atoms with Crippen LogP contribution in [0, 0.1) is 12.7 Å². The molecule has 0 aliphatic carbocycles. The number of hydrogen-bond donors (Lipinski definition) is 1. The van der Waals surface area contributed by atoms with E-state index in [9.17, 15) is 14.3 Å². The number of amides is 1. The summed E-state index contributed by atoms with van der Waals surface area (Å²) < 4.78 is 13.8. The van der Waals surface area contributed by atoms with Gasteiger partial charge in [0.1, 0.15) is 11.6 Å². The molecule has 5 nitrogen and oxygen atoms in total. The van der Waals surface area contributed by atoms with Crippen LogP contribution in [0.25, 0.3) is 0 Å². The minimum Gasteiger partial charge on any atom is -0.392 e. The minimum absolute atomic E-state index is 0.0645. The van der Waals surface area contributed by atoms with E-state index in [0.29, 0.717) is 30.0 Å². The second-order valence-electron chi connectivity index (χ2n) is 6.43. The zero-order chi connectivity index (χ0) is 17.8. The van der Waals surface area contributed by atoms with Crippen molar-refractivity contribution in [2.45, 2.75) is 38.7 Å². The van der Waals surface area contributed by atoms with E-state index >= 15 is 0 Å². The van der Waals surface area contributed by atoms with Crippen molar-refractivity contribution in [3.05, 3.63) is 58.9 Å². The smallest absolute Gasteiger partial charge is 0.227 e. The van der Waals surface area contributed by atoms with E-state index in [1.807, 2.05) is 6.92 Å². The Bertz CT molecular complexity index is 766. The number of nitrogens with zero attached hydrogens (tertiary/aromatic N) is 3. The summed E-state index contributed by atoms with van der Waals surface area (Å²) in [6.45, 7) is 2.91. The molecule has 3 rings (SSSR count). The van der Waals surface area contributed by atoms with Crippen LogP contribution in [0.5, 0.6) is 0 Å². The predicted molar refractivity (Wildman–Crippen MR) is 91.4 cm³/mol. The molecule has 1 saturated heterocycles. The van der Waals surface area contributed by atoms with Gasteiger partial charge >= 0.3 is 0 Å². The Morgan fingerprint density at radius 2 is 2.16 bits per heavy atom. The van der Waals surface area contributed by atoms with E-state index in [2.05, 4.69) is 9.97 Å². The number of benzene rings is 1. The van der Waals surface area contributed by atoms with Crippen molar-refractivity contribution in [1.82, 2.24) is 14.9 Å². The molecule has 1 unspecified atom stereocenters. The first kappa shape index (κ1) is 17.5.